The lowest BCUT2D eigenvalue weighted by molar-refractivity contribution is -0.128. The number of ether oxygens (including phenoxy) is 2. The number of methoxy groups -OCH3 is 2. The molecule has 0 saturated carbocycles. The highest BCUT2D eigenvalue weighted by Crippen LogP contribution is 2.46. The van der Waals surface area contributed by atoms with Gasteiger partial charge in [0, 0.05) is 25.2 Å². The van der Waals surface area contributed by atoms with Crippen LogP contribution in [-0.4, -0.2) is 62.1 Å². The van der Waals surface area contributed by atoms with Crippen molar-refractivity contribution in [2.45, 2.75) is 25.3 Å². The molecule has 1 unspecified atom stereocenters. The van der Waals surface area contributed by atoms with Gasteiger partial charge in [-0.25, -0.2) is 4.79 Å². The lowest BCUT2D eigenvalue weighted by Crippen LogP contribution is -2.54. The molecule has 0 aromatic heterocycles. The number of hydrogen-bond acceptors (Lipinski definition) is 4. The van der Waals surface area contributed by atoms with Crippen molar-refractivity contribution in [3.05, 3.63) is 53.1 Å². The standard InChI is InChI=1S/C24H27N3O4/c1-30-20-13-16-9-12-26-23(18(16)14-21(20)31-2)17-7-3-4-8-19(17)27(24(26)29)15-22(28)25-10-5-6-11-25/h3-4,7-8,13-14,23H,5-6,9-12,15H2,1-2H3. The van der Waals surface area contributed by atoms with Gasteiger partial charge in [-0.3, -0.25) is 9.69 Å². The van der Waals surface area contributed by atoms with E-state index in [1.165, 1.54) is 0 Å². The van der Waals surface area contributed by atoms with E-state index in [1.807, 2.05) is 40.1 Å². The maximum Gasteiger partial charge on any atom is 0.325 e. The molecule has 162 valence electrons. The fourth-order valence-electron chi connectivity index (χ4n) is 5.06. The Kier molecular flexibility index (Phi) is 4.96. The minimum Gasteiger partial charge on any atom is -0.493 e. The summed E-state index contributed by atoms with van der Waals surface area (Å²) in [6.07, 6.45) is 2.80. The van der Waals surface area contributed by atoms with Crippen LogP contribution in [0.25, 0.3) is 0 Å². The summed E-state index contributed by atoms with van der Waals surface area (Å²) >= 11 is 0. The van der Waals surface area contributed by atoms with Gasteiger partial charge in [0.25, 0.3) is 0 Å². The molecule has 0 aliphatic carbocycles. The van der Waals surface area contributed by atoms with Gasteiger partial charge in [0.05, 0.1) is 25.9 Å². The molecule has 3 heterocycles. The number of carbonyl (C=O) groups is 2. The number of carbonyl (C=O) groups excluding carboxylic acids is 2. The van der Waals surface area contributed by atoms with Crippen LogP contribution in [0.3, 0.4) is 0 Å². The van der Waals surface area contributed by atoms with E-state index >= 15 is 0 Å². The van der Waals surface area contributed by atoms with Crippen molar-refractivity contribution < 1.29 is 19.1 Å². The van der Waals surface area contributed by atoms with E-state index in [2.05, 4.69) is 6.07 Å². The SMILES string of the molecule is COc1cc2c(cc1OC)C1c3ccccc3N(CC(=O)N3CCCC3)C(=O)N1CC2. The smallest absolute Gasteiger partial charge is 0.325 e. The predicted octanol–water partition coefficient (Wildman–Crippen LogP) is 3.21. The average molecular weight is 421 g/mol. The number of rotatable bonds is 4. The van der Waals surface area contributed by atoms with Gasteiger partial charge in [0.2, 0.25) is 5.91 Å². The van der Waals surface area contributed by atoms with Gasteiger partial charge in [-0.1, -0.05) is 18.2 Å². The number of anilines is 1. The van der Waals surface area contributed by atoms with E-state index < -0.39 is 0 Å². The highest BCUT2D eigenvalue weighted by molar-refractivity contribution is 6.01. The number of likely N-dealkylation sites (tertiary alicyclic amines) is 1. The molecule has 3 amide bonds. The van der Waals surface area contributed by atoms with E-state index in [4.69, 9.17) is 9.47 Å². The Bertz CT molecular complexity index is 1030. The summed E-state index contributed by atoms with van der Waals surface area (Å²) in [6.45, 7) is 2.24. The van der Waals surface area contributed by atoms with Crippen LogP contribution in [0.1, 0.15) is 35.6 Å². The zero-order valence-corrected chi connectivity index (χ0v) is 18.0. The summed E-state index contributed by atoms with van der Waals surface area (Å²) in [6, 6.07) is 11.6. The fourth-order valence-corrected chi connectivity index (χ4v) is 5.06. The van der Waals surface area contributed by atoms with Gasteiger partial charge in [-0.15, -0.1) is 0 Å². The lowest BCUT2D eigenvalue weighted by Gasteiger charge is -2.45. The third-order valence-electron chi connectivity index (χ3n) is 6.62. The van der Waals surface area contributed by atoms with E-state index in [0.29, 0.717) is 18.0 Å². The van der Waals surface area contributed by atoms with E-state index in [-0.39, 0.29) is 24.5 Å². The maximum atomic E-state index is 13.6. The third kappa shape index (κ3) is 3.19. The molecule has 31 heavy (non-hydrogen) atoms. The number of hydrogen-bond donors (Lipinski definition) is 0. The topological polar surface area (TPSA) is 62.3 Å². The first-order valence-corrected chi connectivity index (χ1v) is 10.8. The van der Waals surface area contributed by atoms with E-state index in [0.717, 1.165) is 54.7 Å². The molecule has 1 fully saturated rings. The van der Waals surface area contributed by atoms with Crippen molar-refractivity contribution in [1.29, 1.82) is 0 Å². The molecule has 3 aliphatic heterocycles. The molecular formula is C24H27N3O4. The normalized spacial score (nSPS) is 19.6. The molecule has 0 bridgehead atoms. The zero-order valence-electron chi connectivity index (χ0n) is 18.0. The molecule has 2 aromatic carbocycles. The lowest BCUT2D eigenvalue weighted by atomic mass is 9.85. The molecule has 5 rings (SSSR count). The monoisotopic (exact) mass is 421 g/mol. The van der Waals surface area contributed by atoms with Gasteiger partial charge in [-0.05, 0) is 48.6 Å². The minimum atomic E-state index is -0.203. The number of para-hydroxylation sites is 1. The molecular weight excluding hydrogens is 394 g/mol. The molecule has 3 aliphatic rings. The molecule has 1 atom stereocenters. The Hall–Kier alpha value is -3.22. The van der Waals surface area contributed by atoms with Gasteiger partial charge >= 0.3 is 6.03 Å². The van der Waals surface area contributed by atoms with Crippen LogP contribution in [0.4, 0.5) is 10.5 Å². The molecule has 0 spiro atoms. The van der Waals surface area contributed by atoms with Crippen molar-refractivity contribution in [3.63, 3.8) is 0 Å². The zero-order chi connectivity index (χ0) is 21.5. The molecule has 2 aromatic rings. The first-order valence-electron chi connectivity index (χ1n) is 10.8. The Balaban J connectivity index is 1.57. The second-order valence-electron chi connectivity index (χ2n) is 8.27. The third-order valence-corrected chi connectivity index (χ3v) is 6.62. The predicted molar refractivity (Wildman–Crippen MR) is 117 cm³/mol. The summed E-state index contributed by atoms with van der Waals surface area (Å²) in [5, 5.41) is 0. The number of urea groups is 1. The molecule has 7 nitrogen and oxygen atoms in total. The largest absolute Gasteiger partial charge is 0.493 e. The highest BCUT2D eigenvalue weighted by Gasteiger charge is 2.42. The van der Waals surface area contributed by atoms with Gasteiger partial charge in [-0.2, -0.15) is 0 Å². The fraction of sp³-hybridized carbons (Fsp3) is 0.417. The Morgan fingerprint density at radius 3 is 2.45 bits per heavy atom. The van der Waals surface area contributed by atoms with Crippen molar-refractivity contribution >= 4 is 17.6 Å². The molecule has 7 heteroatoms. The summed E-state index contributed by atoms with van der Waals surface area (Å²) in [4.78, 5) is 31.8. The van der Waals surface area contributed by atoms with Crippen molar-refractivity contribution in [2.24, 2.45) is 0 Å². The highest BCUT2D eigenvalue weighted by atomic mass is 16.5. The summed E-state index contributed by atoms with van der Waals surface area (Å²) in [5.41, 5.74) is 4.05. The van der Waals surface area contributed by atoms with Crippen LogP contribution in [-0.2, 0) is 11.2 Å². The van der Waals surface area contributed by atoms with Crippen molar-refractivity contribution in [3.8, 4) is 11.5 Å². The first kappa shape index (κ1) is 19.7. The number of benzene rings is 2. The number of nitrogens with zero attached hydrogens (tertiary/aromatic N) is 3. The maximum absolute atomic E-state index is 13.6. The van der Waals surface area contributed by atoms with Crippen LogP contribution < -0.4 is 14.4 Å². The van der Waals surface area contributed by atoms with Crippen LogP contribution in [0.15, 0.2) is 36.4 Å². The summed E-state index contributed by atoms with van der Waals surface area (Å²) in [5.74, 6) is 1.37. The van der Waals surface area contributed by atoms with E-state index in [1.54, 1.807) is 19.1 Å². The van der Waals surface area contributed by atoms with Crippen LogP contribution in [0.2, 0.25) is 0 Å². The van der Waals surface area contributed by atoms with Gasteiger partial charge in [0.15, 0.2) is 11.5 Å². The van der Waals surface area contributed by atoms with Crippen LogP contribution in [0.5, 0.6) is 11.5 Å². The van der Waals surface area contributed by atoms with Gasteiger partial charge in [0.1, 0.15) is 6.54 Å². The second-order valence-corrected chi connectivity index (χ2v) is 8.27. The summed E-state index contributed by atoms with van der Waals surface area (Å²) in [7, 11) is 3.25. The Morgan fingerprint density at radius 2 is 1.71 bits per heavy atom. The quantitative estimate of drug-likeness (QED) is 0.761. The second kappa shape index (κ2) is 7.80. The Labute approximate surface area is 182 Å². The van der Waals surface area contributed by atoms with E-state index in [9.17, 15) is 9.59 Å². The average Bonchev–Trinajstić information content (AvgIpc) is 3.35. The summed E-state index contributed by atoms with van der Waals surface area (Å²) < 4.78 is 11.0. The molecule has 0 radical (unpaired) electrons. The minimum absolute atomic E-state index is 0.0166. The Morgan fingerprint density at radius 1 is 1.00 bits per heavy atom. The number of amides is 3. The molecule has 1 saturated heterocycles. The number of fused-ring (bicyclic) bond motifs is 5. The van der Waals surface area contributed by atoms with Crippen molar-refractivity contribution in [1.82, 2.24) is 9.80 Å². The van der Waals surface area contributed by atoms with Crippen LogP contribution in [0, 0.1) is 0 Å². The van der Waals surface area contributed by atoms with Crippen molar-refractivity contribution in [2.75, 3.05) is 45.3 Å². The van der Waals surface area contributed by atoms with Crippen LogP contribution >= 0.6 is 0 Å². The first-order chi connectivity index (χ1) is 15.1. The molecule has 0 N–H and O–H groups in total. The van der Waals surface area contributed by atoms with Gasteiger partial charge < -0.3 is 19.3 Å².